The Labute approximate surface area is 106 Å². The Bertz CT molecular complexity index is 410. The van der Waals surface area contributed by atoms with Gasteiger partial charge in [-0.25, -0.2) is 9.97 Å². The van der Waals surface area contributed by atoms with Crippen LogP contribution in [0, 0.1) is 0 Å². The van der Waals surface area contributed by atoms with Gasteiger partial charge in [-0.15, -0.1) is 0 Å². The molecule has 1 rings (SSSR count). The lowest BCUT2D eigenvalue weighted by molar-refractivity contribution is -0.116. The summed E-state index contributed by atoms with van der Waals surface area (Å²) in [6, 6.07) is 1.61. The first-order valence-electron chi connectivity index (χ1n) is 5.81. The molecule has 0 radical (unpaired) electrons. The minimum atomic E-state index is -0.416. The third-order valence-corrected chi connectivity index (χ3v) is 2.27. The van der Waals surface area contributed by atoms with E-state index >= 15 is 0 Å². The van der Waals surface area contributed by atoms with Crippen molar-refractivity contribution < 1.29 is 9.53 Å². The number of hydrogen-bond acceptors (Lipinski definition) is 6. The van der Waals surface area contributed by atoms with E-state index in [2.05, 4.69) is 9.97 Å². The van der Waals surface area contributed by atoms with E-state index in [-0.39, 0.29) is 6.54 Å². The second-order valence-corrected chi connectivity index (χ2v) is 3.68. The van der Waals surface area contributed by atoms with E-state index in [9.17, 15) is 4.79 Å². The molecule has 0 aliphatic heterocycles. The summed E-state index contributed by atoms with van der Waals surface area (Å²) < 4.78 is 5.23. The molecule has 1 amide bonds. The number of likely N-dealkylation sites (N-methyl/N-ethyl adjacent to an activating group) is 1. The molecule has 7 heteroatoms. The predicted molar refractivity (Wildman–Crippen MR) is 68.9 cm³/mol. The summed E-state index contributed by atoms with van der Waals surface area (Å²) in [5.41, 5.74) is 10.9. The molecule has 0 aliphatic rings. The van der Waals surface area contributed by atoms with Gasteiger partial charge in [0, 0.05) is 19.2 Å². The Morgan fingerprint density at radius 1 is 1.44 bits per heavy atom. The number of hydrogen-bond donors (Lipinski definition) is 2. The lowest BCUT2D eigenvalue weighted by Gasteiger charge is -2.20. The highest BCUT2D eigenvalue weighted by Gasteiger charge is 2.11. The first kappa shape index (κ1) is 14.2. The number of ether oxygens (including phenoxy) is 1. The lowest BCUT2D eigenvalue weighted by Crippen LogP contribution is -2.34. The topological polar surface area (TPSA) is 107 Å². The number of nitrogens with two attached hydrogens (primary N) is 2. The van der Waals surface area contributed by atoms with Crippen molar-refractivity contribution in [2.75, 3.05) is 30.3 Å². The van der Waals surface area contributed by atoms with Crippen molar-refractivity contribution in [3.63, 3.8) is 0 Å². The SMILES string of the molecule is CCOCc1nc(N)cc(N(CC)CC(N)=O)n1. The first-order chi connectivity index (χ1) is 8.56. The molecule has 7 nitrogen and oxygen atoms in total. The molecule has 0 atom stereocenters. The summed E-state index contributed by atoms with van der Waals surface area (Å²) in [4.78, 5) is 21.1. The van der Waals surface area contributed by atoms with Gasteiger partial charge in [-0.2, -0.15) is 0 Å². The highest BCUT2D eigenvalue weighted by Crippen LogP contribution is 2.14. The number of nitrogens with zero attached hydrogens (tertiary/aromatic N) is 3. The Kier molecular flexibility index (Phi) is 5.31. The molecule has 0 unspecified atom stereocenters. The van der Waals surface area contributed by atoms with Gasteiger partial charge in [-0.05, 0) is 13.8 Å². The van der Waals surface area contributed by atoms with Crippen molar-refractivity contribution in [3.05, 3.63) is 11.9 Å². The molecular weight excluding hydrogens is 234 g/mol. The summed E-state index contributed by atoms with van der Waals surface area (Å²) in [5.74, 6) is 1.01. The number of primary amides is 1. The van der Waals surface area contributed by atoms with E-state index in [1.165, 1.54) is 0 Å². The van der Waals surface area contributed by atoms with Crippen LogP contribution in [0.25, 0.3) is 0 Å². The van der Waals surface area contributed by atoms with E-state index in [1.807, 2.05) is 13.8 Å². The average molecular weight is 253 g/mol. The fourth-order valence-electron chi connectivity index (χ4n) is 1.47. The summed E-state index contributed by atoms with van der Waals surface area (Å²) in [7, 11) is 0. The molecule has 0 aromatic carbocycles. The van der Waals surface area contributed by atoms with E-state index in [1.54, 1.807) is 11.0 Å². The summed E-state index contributed by atoms with van der Waals surface area (Å²) in [5, 5.41) is 0. The van der Waals surface area contributed by atoms with Gasteiger partial charge in [0.25, 0.3) is 0 Å². The Hall–Kier alpha value is -1.89. The van der Waals surface area contributed by atoms with Gasteiger partial charge in [0.05, 0.1) is 6.54 Å². The number of carbonyl (C=O) groups excluding carboxylic acids is 1. The number of amides is 1. The van der Waals surface area contributed by atoms with E-state index in [0.29, 0.717) is 37.2 Å². The van der Waals surface area contributed by atoms with Crippen LogP contribution in [0.3, 0.4) is 0 Å². The maximum Gasteiger partial charge on any atom is 0.236 e. The number of rotatable bonds is 7. The minimum Gasteiger partial charge on any atom is -0.384 e. The number of aromatic nitrogens is 2. The van der Waals surface area contributed by atoms with Crippen molar-refractivity contribution >= 4 is 17.5 Å². The van der Waals surface area contributed by atoms with Crippen LogP contribution in [-0.4, -0.2) is 35.6 Å². The molecule has 18 heavy (non-hydrogen) atoms. The summed E-state index contributed by atoms with van der Waals surface area (Å²) in [6.45, 7) is 5.37. The normalized spacial score (nSPS) is 10.3. The predicted octanol–water partition coefficient (Wildman–Crippen LogP) is -0.0931. The maximum atomic E-state index is 11.0. The molecule has 1 heterocycles. The van der Waals surface area contributed by atoms with Gasteiger partial charge in [0.15, 0.2) is 5.82 Å². The van der Waals surface area contributed by atoms with Crippen molar-refractivity contribution in [1.82, 2.24) is 9.97 Å². The molecule has 0 spiro atoms. The second kappa shape index (κ2) is 6.75. The van der Waals surface area contributed by atoms with Gasteiger partial charge in [-0.3, -0.25) is 4.79 Å². The van der Waals surface area contributed by atoms with E-state index in [4.69, 9.17) is 16.2 Å². The van der Waals surface area contributed by atoms with Crippen molar-refractivity contribution in [2.45, 2.75) is 20.5 Å². The quantitative estimate of drug-likeness (QED) is 0.703. The van der Waals surface area contributed by atoms with Crippen LogP contribution in [-0.2, 0) is 16.1 Å². The van der Waals surface area contributed by atoms with Gasteiger partial charge in [0.2, 0.25) is 5.91 Å². The highest BCUT2D eigenvalue weighted by molar-refractivity contribution is 5.79. The first-order valence-corrected chi connectivity index (χ1v) is 5.81. The Morgan fingerprint density at radius 3 is 2.72 bits per heavy atom. The zero-order valence-corrected chi connectivity index (χ0v) is 10.7. The third-order valence-electron chi connectivity index (χ3n) is 2.27. The van der Waals surface area contributed by atoms with Crippen LogP contribution in [0.5, 0.6) is 0 Å². The van der Waals surface area contributed by atoms with Crippen LogP contribution in [0.4, 0.5) is 11.6 Å². The molecule has 100 valence electrons. The summed E-state index contributed by atoms with van der Waals surface area (Å²) in [6.07, 6.45) is 0. The van der Waals surface area contributed by atoms with Crippen LogP contribution in [0.1, 0.15) is 19.7 Å². The number of anilines is 2. The Morgan fingerprint density at radius 2 is 2.17 bits per heavy atom. The molecule has 1 aromatic heterocycles. The zero-order valence-electron chi connectivity index (χ0n) is 10.7. The standard InChI is InChI=1S/C11H19N5O2/c1-3-16(6-9(13)17)11-5-8(12)14-10(15-11)7-18-4-2/h5H,3-4,6-7H2,1-2H3,(H2,13,17)(H2,12,14,15). The molecule has 0 fully saturated rings. The van der Waals surface area contributed by atoms with Crippen LogP contribution < -0.4 is 16.4 Å². The molecular formula is C11H19N5O2. The van der Waals surface area contributed by atoms with Crippen molar-refractivity contribution in [1.29, 1.82) is 0 Å². The van der Waals surface area contributed by atoms with Gasteiger partial charge in [-0.1, -0.05) is 0 Å². The van der Waals surface area contributed by atoms with Crippen molar-refractivity contribution in [2.24, 2.45) is 5.73 Å². The molecule has 0 saturated carbocycles. The van der Waals surface area contributed by atoms with Gasteiger partial charge in [0.1, 0.15) is 18.2 Å². The largest absolute Gasteiger partial charge is 0.384 e. The lowest BCUT2D eigenvalue weighted by atomic mass is 10.4. The highest BCUT2D eigenvalue weighted by atomic mass is 16.5. The third kappa shape index (κ3) is 4.17. The minimum absolute atomic E-state index is 0.0982. The number of carbonyl (C=O) groups is 1. The molecule has 0 bridgehead atoms. The molecule has 0 saturated heterocycles. The second-order valence-electron chi connectivity index (χ2n) is 3.68. The van der Waals surface area contributed by atoms with Crippen LogP contribution >= 0.6 is 0 Å². The van der Waals surface area contributed by atoms with E-state index < -0.39 is 5.91 Å². The molecule has 1 aromatic rings. The van der Waals surface area contributed by atoms with Crippen LogP contribution in [0.2, 0.25) is 0 Å². The smallest absolute Gasteiger partial charge is 0.236 e. The maximum absolute atomic E-state index is 11.0. The van der Waals surface area contributed by atoms with Crippen LogP contribution in [0.15, 0.2) is 6.07 Å². The van der Waals surface area contributed by atoms with Gasteiger partial charge >= 0.3 is 0 Å². The average Bonchev–Trinajstić information content (AvgIpc) is 2.32. The fraction of sp³-hybridized carbons (Fsp3) is 0.545. The van der Waals surface area contributed by atoms with Crippen molar-refractivity contribution in [3.8, 4) is 0 Å². The molecule has 4 N–H and O–H groups in total. The fourth-order valence-corrected chi connectivity index (χ4v) is 1.47. The summed E-state index contributed by atoms with van der Waals surface area (Å²) >= 11 is 0. The Balaban J connectivity index is 2.91. The van der Waals surface area contributed by atoms with Gasteiger partial charge < -0.3 is 21.1 Å². The monoisotopic (exact) mass is 253 g/mol. The van der Waals surface area contributed by atoms with E-state index in [0.717, 1.165) is 0 Å². The molecule has 0 aliphatic carbocycles. The zero-order chi connectivity index (χ0) is 13.5. The number of nitrogen functional groups attached to an aromatic ring is 1.